The number of para-hydroxylation sites is 1. The monoisotopic (exact) mass is 332 g/mol. The minimum absolute atomic E-state index is 0.152. The Morgan fingerprint density at radius 2 is 2.13 bits per heavy atom. The molecule has 0 radical (unpaired) electrons. The second kappa shape index (κ2) is 7.15. The van der Waals surface area contributed by atoms with Gasteiger partial charge in [0.1, 0.15) is 5.82 Å². The van der Waals surface area contributed by atoms with E-state index in [1.165, 1.54) is 12.8 Å². The summed E-state index contributed by atoms with van der Waals surface area (Å²) in [5, 5.41) is 16.1. The Bertz CT molecular complexity index is 668. The Hall–Kier alpha value is -1.85. The first-order valence-electron chi connectivity index (χ1n) is 7.93. The van der Waals surface area contributed by atoms with E-state index < -0.39 is 0 Å². The van der Waals surface area contributed by atoms with Gasteiger partial charge in [-0.15, -0.1) is 0 Å². The highest BCUT2D eigenvalue weighted by molar-refractivity contribution is 6.33. The number of aliphatic hydroxyl groups is 1. The van der Waals surface area contributed by atoms with Crippen LogP contribution in [-0.2, 0) is 0 Å². The van der Waals surface area contributed by atoms with Gasteiger partial charge in [-0.05, 0) is 37.8 Å². The van der Waals surface area contributed by atoms with E-state index in [1.54, 1.807) is 0 Å². The first kappa shape index (κ1) is 16.0. The van der Waals surface area contributed by atoms with Crippen LogP contribution in [-0.4, -0.2) is 28.2 Å². The van der Waals surface area contributed by atoms with Gasteiger partial charge in [0.2, 0.25) is 5.95 Å². The summed E-state index contributed by atoms with van der Waals surface area (Å²) in [5.74, 6) is 1.86. The van der Waals surface area contributed by atoms with Crippen LogP contribution in [0.2, 0.25) is 5.02 Å². The maximum atomic E-state index is 8.90. The molecule has 1 saturated carbocycles. The molecule has 0 aliphatic heterocycles. The molecule has 0 bridgehead atoms. The summed E-state index contributed by atoms with van der Waals surface area (Å²) in [6, 6.07) is 7.80. The molecule has 3 rings (SSSR count). The zero-order valence-corrected chi connectivity index (χ0v) is 13.9. The Morgan fingerprint density at radius 1 is 1.30 bits per heavy atom. The number of benzene rings is 1. The lowest BCUT2D eigenvalue weighted by Crippen LogP contribution is -2.09. The number of anilines is 3. The van der Waals surface area contributed by atoms with Gasteiger partial charge in [0, 0.05) is 25.1 Å². The molecule has 6 heteroatoms. The maximum Gasteiger partial charge on any atom is 0.224 e. The third kappa shape index (κ3) is 4.12. The van der Waals surface area contributed by atoms with Gasteiger partial charge in [0.05, 0.1) is 16.4 Å². The lowest BCUT2D eigenvalue weighted by atomic mass is 10.2. The minimum atomic E-state index is 0.152. The Balaban J connectivity index is 1.85. The number of hydrogen-bond acceptors (Lipinski definition) is 5. The first-order valence-corrected chi connectivity index (χ1v) is 8.31. The van der Waals surface area contributed by atoms with E-state index in [0.717, 1.165) is 22.8 Å². The third-order valence-corrected chi connectivity index (χ3v) is 4.15. The van der Waals surface area contributed by atoms with Crippen molar-refractivity contribution >= 4 is 29.1 Å². The van der Waals surface area contributed by atoms with Gasteiger partial charge in [-0.1, -0.05) is 23.7 Å². The van der Waals surface area contributed by atoms with Crippen molar-refractivity contribution in [3.05, 3.63) is 40.5 Å². The number of nitrogens with one attached hydrogen (secondary N) is 2. The molecule has 1 aromatic carbocycles. The van der Waals surface area contributed by atoms with Crippen molar-refractivity contribution in [1.29, 1.82) is 0 Å². The Kier molecular flexibility index (Phi) is 4.98. The lowest BCUT2D eigenvalue weighted by Gasteiger charge is -2.13. The predicted octanol–water partition coefficient (Wildman–Crippen LogP) is 3.85. The van der Waals surface area contributed by atoms with Crippen LogP contribution < -0.4 is 10.6 Å². The summed E-state index contributed by atoms with van der Waals surface area (Å²) in [7, 11) is 0. The number of rotatable bonds is 7. The molecule has 1 aliphatic rings. The molecule has 0 atom stereocenters. The molecule has 1 aliphatic carbocycles. The van der Waals surface area contributed by atoms with Crippen molar-refractivity contribution in [1.82, 2.24) is 9.97 Å². The summed E-state index contributed by atoms with van der Waals surface area (Å²) < 4.78 is 0. The summed E-state index contributed by atoms with van der Waals surface area (Å²) in [4.78, 5) is 9.10. The number of aryl methyl sites for hydroxylation is 1. The van der Waals surface area contributed by atoms with Crippen LogP contribution in [0.15, 0.2) is 24.3 Å². The molecule has 0 spiro atoms. The fourth-order valence-corrected chi connectivity index (χ4v) is 2.66. The number of hydrogen-bond donors (Lipinski definition) is 3. The molecule has 3 N–H and O–H groups in total. The van der Waals surface area contributed by atoms with Crippen molar-refractivity contribution in [2.75, 3.05) is 23.8 Å². The zero-order valence-electron chi connectivity index (χ0n) is 13.1. The average Bonchev–Trinajstić information content (AvgIpc) is 3.36. The summed E-state index contributed by atoms with van der Waals surface area (Å²) in [6.07, 6.45) is 3.03. The molecule has 122 valence electrons. The SMILES string of the molecule is Cc1cccc(Cl)c1Nc1cc(C2CC2)nc(NCCCO)n1. The zero-order chi connectivity index (χ0) is 16.2. The third-order valence-electron chi connectivity index (χ3n) is 3.83. The van der Waals surface area contributed by atoms with E-state index in [9.17, 15) is 0 Å². The van der Waals surface area contributed by atoms with Gasteiger partial charge in [0.25, 0.3) is 0 Å². The van der Waals surface area contributed by atoms with Gasteiger partial charge >= 0.3 is 0 Å². The highest BCUT2D eigenvalue weighted by atomic mass is 35.5. The number of nitrogens with zero attached hydrogens (tertiary/aromatic N) is 2. The number of aliphatic hydroxyl groups excluding tert-OH is 1. The predicted molar refractivity (Wildman–Crippen MR) is 93.7 cm³/mol. The molecule has 1 fully saturated rings. The van der Waals surface area contributed by atoms with Crippen LogP contribution in [0.3, 0.4) is 0 Å². The number of halogens is 1. The van der Waals surface area contributed by atoms with Crippen LogP contribution >= 0.6 is 11.6 Å². The quantitative estimate of drug-likeness (QED) is 0.672. The molecule has 2 aromatic rings. The van der Waals surface area contributed by atoms with E-state index in [2.05, 4.69) is 20.6 Å². The molecule has 0 amide bonds. The standard InChI is InChI=1S/C17H21ClN4O/c1-11-4-2-5-13(18)16(11)21-15-10-14(12-6-7-12)20-17(22-15)19-8-3-9-23/h2,4-5,10,12,23H,3,6-9H2,1H3,(H2,19,20,21,22). The number of aromatic nitrogens is 2. The van der Waals surface area contributed by atoms with Crippen LogP contribution in [0.1, 0.15) is 36.4 Å². The second-order valence-electron chi connectivity index (χ2n) is 5.84. The minimum Gasteiger partial charge on any atom is -0.396 e. The van der Waals surface area contributed by atoms with Crippen molar-refractivity contribution in [2.45, 2.75) is 32.1 Å². The largest absolute Gasteiger partial charge is 0.396 e. The first-order chi connectivity index (χ1) is 11.2. The van der Waals surface area contributed by atoms with E-state index in [-0.39, 0.29) is 6.61 Å². The summed E-state index contributed by atoms with van der Waals surface area (Å²) >= 11 is 6.29. The highest BCUT2D eigenvalue weighted by Gasteiger charge is 2.26. The fraction of sp³-hybridized carbons (Fsp3) is 0.412. The van der Waals surface area contributed by atoms with Gasteiger partial charge in [-0.3, -0.25) is 0 Å². The lowest BCUT2D eigenvalue weighted by molar-refractivity contribution is 0.292. The molecule has 0 unspecified atom stereocenters. The van der Waals surface area contributed by atoms with E-state index in [1.807, 2.05) is 31.2 Å². The van der Waals surface area contributed by atoms with Crippen molar-refractivity contribution < 1.29 is 5.11 Å². The van der Waals surface area contributed by atoms with Crippen molar-refractivity contribution in [3.63, 3.8) is 0 Å². The molecular formula is C17H21ClN4O. The molecule has 1 heterocycles. The molecular weight excluding hydrogens is 312 g/mol. The summed E-state index contributed by atoms with van der Waals surface area (Å²) in [5.41, 5.74) is 2.99. The average molecular weight is 333 g/mol. The molecule has 5 nitrogen and oxygen atoms in total. The van der Waals surface area contributed by atoms with E-state index in [0.29, 0.717) is 29.9 Å². The fourth-order valence-electron chi connectivity index (χ4n) is 2.39. The van der Waals surface area contributed by atoms with Gasteiger partial charge < -0.3 is 15.7 Å². The molecule has 0 saturated heterocycles. The molecule has 1 aromatic heterocycles. The van der Waals surface area contributed by atoms with Crippen LogP contribution in [0.4, 0.5) is 17.5 Å². The van der Waals surface area contributed by atoms with Gasteiger partial charge in [-0.25, -0.2) is 4.98 Å². The molecule has 23 heavy (non-hydrogen) atoms. The van der Waals surface area contributed by atoms with Crippen molar-refractivity contribution in [2.24, 2.45) is 0 Å². The smallest absolute Gasteiger partial charge is 0.224 e. The second-order valence-corrected chi connectivity index (χ2v) is 6.24. The Labute approximate surface area is 141 Å². The summed E-state index contributed by atoms with van der Waals surface area (Å²) in [6.45, 7) is 2.81. The van der Waals surface area contributed by atoms with E-state index >= 15 is 0 Å². The Morgan fingerprint density at radius 3 is 2.83 bits per heavy atom. The maximum absolute atomic E-state index is 8.90. The highest BCUT2D eigenvalue weighted by Crippen LogP contribution is 2.40. The normalized spacial score (nSPS) is 13.9. The van der Waals surface area contributed by atoms with Gasteiger partial charge in [0.15, 0.2) is 0 Å². The van der Waals surface area contributed by atoms with Crippen LogP contribution in [0.5, 0.6) is 0 Å². The van der Waals surface area contributed by atoms with Gasteiger partial charge in [-0.2, -0.15) is 4.98 Å². The topological polar surface area (TPSA) is 70.1 Å². The van der Waals surface area contributed by atoms with Crippen LogP contribution in [0.25, 0.3) is 0 Å². The van der Waals surface area contributed by atoms with E-state index in [4.69, 9.17) is 16.7 Å². The van der Waals surface area contributed by atoms with Crippen LogP contribution in [0, 0.1) is 6.92 Å². The van der Waals surface area contributed by atoms with Crippen molar-refractivity contribution in [3.8, 4) is 0 Å².